The summed E-state index contributed by atoms with van der Waals surface area (Å²) in [5.41, 5.74) is 6.85. The number of imidazole rings is 1. The average molecular weight is 299 g/mol. The number of carbonyl (C=O) groups excluding carboxylic acids is 1. The number of hydrogen-bond donors (Lipinski definition) is 2. The van der Waals surface area contributed by atoms with Gasteiger partial charge in [-0.1, -0.05) is 0 Å². The maximum atomic E-state index is 12.3. The van der Waals surface area contributed by atoms with Crippen LogP contribution in [0.5, 0.6) is 0 Å². The lowest BCUT2D eigenvalue weighted by molar-refractivity contribution is 0.103. The normalized spacial score (nSPS) is 10.5. The fraction of sp³-hybridized carbons (Fsp3) is 0.0714. The molecule has 3 aromatic heterocycles. The third-order valence-corrected chi connectivity index (χ3v) is 3.92. The van der Waals surface area contributed by atoms with Crippen molar-refractivity contribution in [3.8, 4) is 5.82 Å². The van der Waals surface area contributed by atoms with Crippen molar-refractivity contribution >= 4 is 28.6 Å². The molecule has 0 radical (unpaired) electrons. The molecule has 0 aliphatic rings. The zero-order valence-corrected chi connectivity index (χ0v) is 12.1. The lowest BCUT2D eigenvalue weighted by atomic mass is 10.3. The summed E-state index contributed by atoms with van der Waals surface area (Å²) in [6, 6.07) is 5.27. The molecule has 0 saturated heterocycles. The Morgan fingerprint density at radius 2 is 2.19 bits per heavy atom. The first kappa shape index (κ1) is 13.3. The van der Waals surface area contributed by atoms with Gasteiger partial charge in [-0.15, -0.1) is 11.3 Å². The number of thiophene rings is 1. The van der Waals surface area contributed by atoms with Gasteiger partial charge in [-0.25, -0.2) is 9.97 Å². The topological polar surface area (TPSA) is 85.8 Å². The summed E-state index contributed by atoms with van der Waals surface area (Å²) in [4.78, 5) is 21.3. The smallest absolute Gasteiger partial charge is 0.267 e. The van der Waals surface area contributed by atoms with Gasteiger partial charge < -0.3 is 11.1 Å². The molecule has 3 aromatic rings. The van der Waals surface area contributed by atoms with E-state index in [0.717, 1.165) is 5.82 Å². The van der Waals surface area contributed by atoms with Crippen molar-refractivity contribution in [2.75, 3.05) is 11.1 Å². The van der Waals surface area contributed by atoms with E-state index in [1.807, 2.05) is 11.5 Å². The lowest BCUT2D eigenvalue weighted by Crippen LogP contribution is -2.14. The highest BCUT2D eigenvalue weighted by Crippen LogP contribution is 2.23. The molecule has 0 unspecified atom stereocenters. The van der Waals surface area contributed by atoms with Crippen molar-refractivity contribution < 1.29 is 4.79 Å². The van der Waals surface area contributed by atoms with Crippen LogP contribution in [0.25, 0.3) is 5.82 Å². The molecule has 3 heterocycles. The van der Waals surface area contributed by atoms with Crippen LogP contribution >= 0.6 is 11.3 Å². The van der Waals surface area contributed by atoms with E-state index >= 15 is 0 Å². The van der Waals surface area contributed by atoms with Crippen LogP contribution in [0, 0.1) is 6.92 Å². The predicted molar refractivity (Wildman–Crippen MR) is 82.8 cm³/mol. The first-order valence-electron chi connectivity index (χ1n) is 6.26. The number of nitrogens with one attached hydrogen (secondary N) is 1. The Hall–Kier alpha value is -2.67. The molecule has 0 aliphatic carbocycles. The van der Waals surface area contributed by atoms with Crippen LogP contribution in [0.2, 0.25) is 0 Å². The van der Waals surface area contributed by atoms with Gasteiger partial charge in [-0.3, -0.25) is 9.36 Å². The standard InChI is InChI=1S/C14H13N5OS/c1-9-16-6-7-19(9)13-11(3-2-5-17-13)18-14(20)12-10(15)4-8-21-12/h2-8H,15H2,1H3,(H,18,20). The Labute approximate surface area is 125 Å². The van der Waals surface area contributed by atoms with Crippen LogP contribution in [-0.4, -0.2) is 20.4 Å². The number of hydrogen-bond acceptors (Lipinski definition) is 5. The number of amides is 1. The number of carbonyl (C=O) groups is 1. The van der Waals surface area contributed by atoms with Crippen molar-refractivity contribution in [3.63, 3.8) is 0 Å². The third-order valence-electron chi connectivity index (χ3n) is 2.99. The van der Waals surface area contributed by atoms with Crippen LogP contribution in [-0.2, 0) is 0 Å². The summed E-state index contributed by atoms with van der Waals surface area (Å²) in [7, 11) is 0. The Bertz CT molecular complexity index is 792. The molecule has 7 heteroatoms. The minimum absolute atomic E-state index is 0.241. The Morgan fingerprint density at radius 3 is 2.86 bits per heavy atom. The monoisotopic (exact) mass is 299 g/mol. The van der Waals surface area contributed by atoms with Gasteiger partial charge in [0.15, 0.2) is 5.82 Å². The van der Waals surface area contributed by atoms with E-state index in [0.29, 0.717) is 22.1 Å². The van der Waals surface area contributed by atoms with Crippen LogP contribution in [0.3, 0.4) is 0 Å². The number of aryl methyl sites for hydroxylation is 1. The molecule has 3 rings (SSSR count). The van der Waals surface area contributed by atoms with E-state index in [1.165, 1.54) is 11.3 Å². The number of nitrogens with zero attached hydrogens (tertiary/aromatic N) is 3. The molecule has 0 spiro atoms. The SMILES string of the molecule is Cc1nccn1-c1ncccc1NC(=O)c1sccc1N. The molecule has 6 nitrogen and oxygen atoms in total. The molecular formula is C14H13N5OS. The highest BCUT2D eigenvalue weighted by Gasteiger charge is 2.15. The van der Waals surface area contributed by atoms with Crippen molar-refractivity contribution in [1.82, 2.24) is 14.5 Å². The first-order chi connectivity index (χ1) is 10.2. The van der Waals surface area contributed by atoms with Gasteiger partial charge in [-0.2, -0.15) is 0 Å². The number of aromatic nitrogens is 3. The van der Waals surface area contributed by atoms with E-state index in [1.54, 1.807) is 42.2 Å². The fourth-order valence-electron chi connectivity index (χ4n) is 1.97. The summed E-state index contributed by atoms with van der Waals surface area (Å²) >= 11 is 1.31. The van der Waals surface area contributed by atoms with Gasteiger partial charge >= 0.3 is 0 Å². The summed E-state index contributed by atoms with van der Waals surface area (Å²) in [6.45, 7) is 1.87. The fourth-order valence-corrected chi connectivity index (χ4v) is 2.68. The summed E-state index contributed by atoms with van der Waals surface area (Å²) < 4.78 is 1.81. The number of pyridine rings is 1. The molecule has 0 aromatic carbocycles. The second-order valence-corrected chi connectivity index (χ2v) is 5.29. The Kier molecular flexibility index (Phi) is 3.41. The van der Waals surface area contributed by atoms with Crippen LogP contribution in [0.1, 0.15) is 15.5 Å². The molecule has 106 valence electrons. The van der Waals surface area contributed by atoms with E-state index in [4.69, 9.17) is 5.73 Å². The summed E-state index contributed by atoms with van der Waals surface area (Å²) in [5.74, 6) is 1.17. The molecule has 3 N–H and O–H groups in total. The molecule has 0 atom stereocenters. The third kappa shape index (κ3) is 2.50. The summed E-state index contributed by atoms with van der Waals surface area (Å²) in [5, 5.41) is 4.64. The number of nitrogen functional groups attached to an aromatic ring is 1. The zero-order chi connectivity index (χ0) is 14.8. The maximum Gasteiger partial charge on any atom is 0.267 e. The number of nitrogens with two attached hydrogens (primary N) is 1. The van der Waals surface area contributed by atoms with E-state index < -0.39 is 0 Å². The molecule has 21 heavy (non-hydrogen) atoms. The van der Waals surface area contributed by atoms with E-state index in [9.17, 15) is 4.79 Å². The van der Waals surface area contributed by atoms with Gasteiger partial charge in [0.25, 0.3) is 5.91 Å². The van der Waals surface area contributed by atoms with Crippen molar-refractivity contribution in [1.29, 1.82) is 0 Å². The van der Waals surface area contributed by atoms with Crippen molar-refractivity contribution in [3.05, 3.63) is 52.9 Å². The molecule has 0 bridgehead atoms. The maximum absolute atomic E-state index is 12.3. The molecular weight excluding hydrogens is 286 g/mol. The van der Waals surface area contributed by atoms with E-state index in [2.05, 4.69) is 15.3 Å². The highest BCUT2D eigenvalue weighted by atomic mass is 32.1. The van der Waals surface area contributed by atoms with E-state index in [-0.39, 0.29) is 5.91 Å². The zero-order valence-electron chi connectivity index (χ0n) is 11.3. The molecule has 1 amide bonds. The van der Waals surface area contributed by atoms with Crippen molar-refractivity contribution in [2.45, 2.75) is 6.92 Å². The first-order valence-corrected chi connectivity index (χ1v) is 7.14. The second kappa shape index (κ2) is 5.37. The average Bonchev–Trinajstić information content (AvgIpc) is 3.08. The second-order valence-electron chi connectivity index (χ2n) is 4.38. The van der Waals surface area contributed by atoms with Crippen LogP contribution in [0.4, 0.5) is 11.4 Å². The Morgan fingerprint density at radius 1 is 1.33 bits per heavy atom. The van der Waals surface area contributed by atoms with Gasteiger partial charge in [0.05, 0.1) is 11.4 Å². The van der Waals surface area contributed by atoms with Crippen LogP contribution in [0.15, 0.2) is 42.2 Å². The lowest BCUT2D eigenvalue weighted by Gasteiger charge is -2.11. The molecule has 0 fully saturated rings. The highest BCUT2D eigenvalue weighted by molar-refractivity contribution is 7.12. The van der Waals surface area contributed by atoms with Gasteiger partial charge in [0.2, 0.25) is 0 Å². The summed E-state index contributed by atoms with van der Waals surface area (Å²) in [6.07, 6.45) is 5.16. The van der Waals surface area contributed by atoms with Crippen LogP contribution < -0.4 is 11.1 Å². The van der Waals surface area contributed by atoms with Crippen molar-refractivity contribution in [2.24, 2.45) is 0 Å². The predicted octanol–water partition coefficient (Wildman–Crippen LogP) is 2.47. The quantitative estimate of drug-likeness (QED) is 0.778. The Balaban J connectivity index is 1.95. The number of rotatable bonds is 3. The molecule has 0 saturated carbocycles. The minimum atomic E-state index is -0.241. The largest absolute Gasteiger partial charge is 0.397 e. The number of anilines is 2. The van der Waals surface area contributed by atoms with Gasteiger partial charge in [0.1, 0.15) is 10.7 Å². The minimum Gasteiger partial charge on any atom is -0.397 e. The molecule has 0 aliphatic heterocycles. The van der Waals surface area contributed by atoms with Gasteiger partial charge in [-0.05, 0) is 30.5 Å². The van der Waals surface area contributed by atoms with Gasteiger partial charge in [0, 0.05) is 18.6 Å².